The van der Waals surface area contributed by atoms with E-state index in [1.165, 1.54) is 30.7 Å². The average Bonchev–Trinajstić information content (AvgIpc) is 2.64. The van der Waals surface area contributed by atoms with E-state index < -0.39 is 0 Å². The van der Waals surface area contributed by atoms with Gasteiger partial charge in [0.25, 0.3) is 0 Å². The zero-order valence-corrected chi connectivity index (χ0v) is 6.33. The van der Waals surface area contributed by atoms with Gasteiger partial charge in [0.05, 0.1) is 11.4 Å². The largest absolute Gasteiger partial charge is 0.257 e. The Morgan fingerprint density at radius 1 is 1.00 bits per heavy atom. The van der Waals surface area contributed by atoms with E-state index in [2.05, 4.69) is 9.97 Å². The Morgan fingerprint density at radius 2 is 1.55 bits per heavy atom. The third-order valence-corrected chi connectivity index (χ3v) is 2.96. The number of rotatable bonds is 0. The lowest BCUT2D eigenvalue weighted by atomic mass is 10.0. The van der Waals surface area contributed by atoms with Crippen molar-refractivity contribution < 1.29 is 0 Å². The van der Waals surface area contributed by atoms with E-state index in [4.69, 9.17) is 0 Å². The number of nitrogens with zero attached hydrogens (tertiary/aromatic N) is 2. The summed E-state index contributed by atoms with van der Waals surface area (Å²) in [5.74, 6) is 1.51. The molecule has 1 fully saturated rings. The van der Waals surface area contributed by atoms with Crippen LogP contribution in [0.4, 0.5) is 0 Å². The highest BCUT2D eigenvalue weighted by molar-refractivity contribution is 5.30. The standard InChI is InChI=1S/C9H10N2/c1-2-7-5-6(1)8-9(7)11-4-3-10-8/h3-4,6-7H,1-2,5H2/t6-,7-/m1/s1. The predicted molar refractivity (Wildman–Crippen MR) is 41.4 cm³/mol. The zero-order chi connectivity index (χ0) is 7.26. The maximum atomic E-state index is 4.38. The van der Waals surface area contributed by atoms with Gasteiger partial charge < -0.3 is 0 Å². The molecule has 0 spiro atoms. The first-order chi connectivity index (χ1) is 5.45. The lowest BCUT2D eigenvalue weighted by Crippen LogP contribution is -2.02. The summed E-state index contributed by atoms with van der Waals surface area (Å²) in [5, 5.41) is 0. The van der Waals surface area contributed by atoms with Gasteiger partial charge in [-0.3, -0.25) is 9.97 Å². The molecule has 1 saturated carbocycles. The smallest absolute Gasteiger partial charge is 0.0652 e. The monoisotopic (exact) mass is 146 g/mol. The molecule has 0 aromatic carbocycles. The van der Waals surface area contributed by atoms with Crippen molar-refractivity contribution >= 4 is 0 Å². The van der Waals surface area contributed by atoms with E-state index in [-0.39, 0.29) is 0 Å². The van der Waals surface area contributed by atoms with Crippen LogP contribution in [0.2, 0.25) is 0 Å². The van der Waals surface area contributed by atoms with Crippen molar-refractivity contribution in [2.24, 2.45) is 0 Å². The van der Waals surface area contributed by atoms with Gasteiger partial charge in [-0.15, -0.1) is 0 Å². The lowest BCUT2D eigenvalue weighted by Gasteiger charge is -2.10. The van der Waals surface area contributed by atoms with E-state index >= 15 is 0 Å². The molecule has 2 aliphatic carbocycles. The molecule has 2 atom stereocenters. The number of fused-ring (bicyclic) bond motifs is 5. The Morgan fingerprint density at radius 3 is 2.09 bits per heavy atom. The molecular formula is C9H10N2. The van der Waals surface area contributed by atoms with Gasteiger partial charge in [-0.1, -0.05) is 0 Å². The summed E-state index contributed by atoms with van der Waals surface area (Å²) in [7, 11) is 0. The summed E-state index contributed by atoms with van der Waals surface area (Å²) in [6.45, 7) is 0. The number of aromatic nitrogens is 2. The quantitative estimate of drug-likeness (QED) is 0.558. The van der Waals surface area contributed by atoms with Gasteiger partial charge in [0.1, 0.15) is 0 Å². The Labute approximate surface area is 65.7 Å². The fourth-order valence-electron chi connectivity index (χ4n) is 2.47. The van der Waals surface area contributed by atoms with Crippen LogP contribution in [0, 0.1) is 0 Å². The van der Waals surface area contributed by atoms with E-state index in [0.717, 1.165) is 11.8 Å². The third kappa shape index (κ3) is 0.621. The van der Waals surface area contributed by atoms with Crippen molar-refractivity contribution in [1.29, 1.82) is 0 Å². The third-order valence-electron chi connectivity index (χ3n) is 2.96. The normalized spacial score (nSPS) is 32.4. The van der Waals surface area contributed by atoms with Crippen LogP contribution in [0.3, 0.4) is 0 Å². The highest BCUT2D eigenvalue weighted by atomic mass is 14.8. The molecule has 2 aliphatic rings. The van der Waals surface area contributed by atoms with Gasteiger partial charge in [0.15, 0.2) is 0 Å². The summed E-state index contributed by atoms with van der Waals surface area (Å²) in [4.78, 5) is 8.76. The highest BCUT2D eigenvalue weighted by Crippen LogP contribution is 2.50. The molecule has 56 valence electrons. The molecule has 0 N–H and O–H groups in total. The van der Waals surface area contributed by atoms with Crippen LogP contribution in [0.15, 0.2) is 12.4 Å². The Balaban J connectivity index is 2.23. The summed E-state index contributed by atoms with van der Waals surface area (Å²) < 4.78 is 0. The van der Waals surface area contributed by atoms with Gasteiger partial charge in [-0.05, 0) is 19.3 Å². The van der Waals surface area contributed by atoms with Crippen LogP contribution in [0.5, 0.6) is 0 Å². The average molecular weight is 146 g/mol. The number of hydrogen-bond acceptors (Lipinski definition) is 2. The second-order valence-electron chi connectivity index (χ2n) is 3.53. The van der Waals surface area contributed by atoms with E-state index in [1.54, 1.807) is 0 Å². The molecule has 11 heavy (non-hydrogen) atoms. The van der Waals surface area contributed by atoms with Crippen LogP contribution in [-0.2, 0) is 0 Å². The van der Waals surface area contributed by atoms with E-state index in [9.17, 15) is 0 Å². The van der Waals surface area contributed by atoms with Crippen LogP contribution >= 0.6 is 0 Å². The second kappa shape index (κ2) is 1.81. The maximum Gasteiger partial charge on any atom is 0.0652 e. The van der Waals surface area contributed by atoms with Crippen molar-refractivity contribution in [3.05, 3.63) is 23.8 Å². The first-order valence-electron chi connectivity index (χ1n) is 4.26. The zero-order valence-electron chi connectivity index (χ0n) is 6.33. The van der Waals surface area contributed by atoms with Crippen LogP contribution in [-0.4, -0.2) is 9.97 Å². The molecule has 2 bridgehead atoms. The SMILES string of the molecule is c1cnc2c(n1)[C@@H]1CC[C@@H]2C1. The fourth-order valence-corrected chi connectivity index (χ4v) is 2.47. The Kier molecular flexibility index (Phi) is 0.939. The summed E-state index contributed by atoms with van der Waals surface area (Å²) in [5.41, 5.74) is 2.59. The molecule has 2 nitrogen and oxygen atoms in total. The summed E-state index contributed by atoms with van der Waals surface area (Å²) >= 11 is 0. The van der Waals surface area contributed by atoms with Gasteiger partial charge >= 0.3 is 0 Å². The van der Waals surface area contributed by atoms with Crippen molar-refractivity contribution in [3.63, 3.8) is 0 Å². The van der Waals surface area contributed by atoms with Gasteiger partial charge in [0, 0.05) is 24.2 Å². The molecule has 1 heterocycles. The van der Waals surface area contributed by atoms with Gasteiger partial charge in [-0.25, -0.2) is 0 Å². The molecular weight excluding hydrogens is 136 g/mol. The maximum absolute atomic E-state index is 4.38. The van der Waals surface area contributed by atoms with Crippen molar-refractivity contribution in [3.8, 4) is 0 Å². The highest BCUT2D eigenvalue weighted by Gasteiger charge is 2.38. The first-order valence-corrected chi connectivity index (χ1v) is 4.26. The minimum Gasteiger partial charge on any atom is -0.257 e. The summed E-state index contributed by atoms with van der Waals surface area (Å²) in [6.07, 6.45) is 7.64. The first kappa shape index (κ1) is 5.70. The summed E-state index contributed by atoms with van der Waals surface area (Å²) in [6, 6.07) is 0. The van der Waals surface area contributed by atoms with E-state index in [0.29, 0.717) is 0 Å². The molecule has 0 radical (unpaired) electrons. The lowest BCUT2D eigenvalue weighted by molar-refractivity contribution is 0.679. The molecule has 0 aliphatic heterocycles. The topological polar surface area (TPSA) is 25.8 Å². The molecule has 0 unspecified atom stereocenters. The predicted octanol–water partition coefficient (Wildman–Crippen LogP) is 1.84. The van der Waals surface area contributed by atoms with Crippen molar-refractivity contribution in [1.82, 2.24) is 9.97 Å². The van der Waals surface area contributed by atoms with Crippen molar-refractivity contribution in [2.75, 3.05) is 0 Å². The molecule has 0 saturated heterocycles. The molecule has 1 aromatic rings. The van der Waals surface area contributed by atoms with Crippen LogP contribution in [0.25, 0.3) is 0 Å². The van der Waals surface area contributed by atoms with E-state index in [1.807, 2.05) is 12.4 Å². The number of hydrogen-bond donors (Lipinski definition) is 0. The fraction of sp³-hybridized carbons (Fsp3) is 0.556. The minimum atomic E-state index is 0.753. The van der Waals surface area contributed by atoms with Crippen molar-refractivity contribution in [2.45, 2.75) is 31.1 Å². The van der Waals surface area contributed by atoms with Gasteiger partial charge in [-0.2, -0.15) is 0 Å². The Bertz CT molecular complexity index is 266. The van der Waals surface area contributed by atoms with Crippen LogP contribution in [0.1, 0.15) is 42.5 Å². The molecule has 3 rings (SSSR count). The minimum absolute atomic E-state index is 0.753. The molecule has 0 amide bonds. The molecule has 2 heteroatoms. The second-order valence-corrected chi connectivity index (χ2v) is 3.53. The van der Waals surface area contributed by atoms with Crippen LogP contribution < -0.4 is 0 Å². The Hall–Kier alpha value is -0.920. The molecule has 1 aromatic heterocycles. The van der Waals surface area contributed by atoms with Gasteiger partial charge in [0.2, 0.25) is 0 Å².